The maximum absolute atomic E-state index is 9.36. The molecule has 0 aliphatic heterocycles. The zero-order chi connectivity index (χ0) is 11.3. The van der Waals surface area contributed by atoms with Crippen molar-refractivity contribution in [1.29, 1.82) is 0 Å². The number of rotatable bonds is 6. The lowest BCUT2D eigenvalue weighted by atomic mass is 10.0. The van der Waals surface area contributed by atoms with E-state index in [2.05, 4.69) is 0 Å². The van der Waals surface area contributed by atoms with Gasteiger partial charge in [-0.1, -0.05) is 0 Å². The first-order valence-corrected chi connectivity index (χ1v) is 4.38. The van der Waals surface area contributed by atoms with Crippen LogP contribution in [-0.4, -0.2) is 82.1 Å². The Kier molecular flexibility index (Phi) is 6.17. The molecule has 0 saturated carbocycles. The molecule has 86 valence electrons. The fraction of sp³-hybridized carbons (Fsp3) is 1.00. The van der Waals surface area contributed by atoms with Crippen molar-refractivity contribution in [3.05, 3.63) is 0 Å². The molecule has 14 heavy (non-hydrogen) atoms. The van der Waals surface area contributed by atoms with Gasteiger partial charge in [0.05, 0.1) is 12.7 Å². The standard InChI is InChI=1S/C8H19NO5/c1-9(2)3-5(11)7(13)8(14)6(12)4-10/h5-8,10-14H,3-4H2,1-2H3. The summed E-state index contributed by atoms with van der Waals surface area (Å²) >= 11 is 0. The van der Waals surface area contributed by atoms with E-state index < -0.39 is 31.0 Å². The Morgan fingerprint density at radius 1 is 0.929 bits per heavy atom. The normalized spacial score (nSPS) is 20.6. The number of likely N-dealkylation sites (N-methyl/N-ethyl adjacent to an activating group) is 1. The predicted octanol–water partition coefficient (Wildman–Crippen LogP) is -3.02. The second kappa shape index (κ2) is 6.28. The van der Waals surface area contributed by atoms with Gasteiger partial charge in [-0.05, 0) is 14.1 Å². The Morgan fingerprint density at radius 3 is 1.71 bits per heavy atom. The third-order valence-electron chi connectivity index (χ3n) is 1.88. The molecule has 0 spiro atoms. The second-order valence-corrected chi connectivity index (χ2v) is 3.56. The summed E-state index contributed by atoms with van der Waals surface area (Å²) in [5.41, 5.74) is 0. The monoisotopic (exact) mass is 209 g/mol. The molecular weight excluding hydrogens is 190 g/mol. The maximum atomic E-state index is 9.36. The fourth-order valence-electron chi connectivity index (χ4n) is 1.05. The van der Waals surface area contributed by atoms with Gasteiger partial charge in [0.25, 0.3) is 0 Å². The molecule has 0 fully saturated rings. The molecule has 0 bridgehead atoms. The predicted molar refractivity (Wildman–Crippen MR) is 49.7 cm³/mol. The third-order valence-corrected chi connectivity index (χ3v) is 1.88. The molecule has 0 aromatic rings. The lowest BCUT2D eigenvalue weighted by Gasteiger charge is -2.27. The first kappa shape index (κ1) is 13.8. The molecule has 0 heterocycles. The second-order valence-electron chi connectivity index (χ2n) is 3.56. The molecule has 4 unspecified atom stereocenters. The summed E-state index contributed by atoms with van der Waals surface area (Å²) < 4.78 is 0. The first-order valence-electron chi connectivity index (χ1n) is 4.38. The summed E-state index contributed by atoms with van der Waals surface area (Å²) in [5.74, 6) is 0. The summed E-state index contributed by atoms with van der Waals surface area (Å²) in [5, 5.41) is 45.4. The highest BCUT2D eigenvalue weighted by atomic mass is 16.4. The van der Waals surface area contributed by atoms with Crippen molar-refractivity contribution in [2.75, 3.05) is 27.2 Å². The van der Waals surface area contributed by atoms with Crippen LogP contribution in [0.4, 0.5) is 0 Å². The molecule has 0 amide bonds. The topological polar surface area (TPSA) is 104 Å². The molecule has 0 aromatic heterocycles. The number of hydrogen-bond donors (Lipinski definition) is 5. The van der Waals surface area contributed by atoms with E-state index in [4.69, 9.17) is 10.2 Å². The molecule has 0 radical (unpaired) electrons. The van der Waals surface area contributed by atoms with Crippen LogP contribution < -0.4 is 0 Å². The van der Waals surface area contributed by atoms with E-state index in [9.17, 15) is 15.3 Å². The van der Waals surface area contributed by atoms with Crippen LogP contribution in [0.15, 0.2) is 0 Å². The minimum atomic E-state index is -1.55. The van der Waals surface area contributed by atoms with Crippen LogP contribution in [0, 0.1) is 0 Å². The summed E-state index contributed by atoms with van der Waals surface area (Å²) in [6, 6.07) is 0. The summed E-state index contributed by atoms with van der Waals surface area (Å²) in [6.45, 7) is -0.497. The smallest absolute Gasteiger partial charge is 0.111 e. The molecule has 6 heteroatoms. The summed E-state index contributed by atoms with van der Waals surface area (Å²) in [7, 11) is 3.40. The van der Waals surface area contributed by atoms with Crippen LogP contribution in [0.25, 0.3) is 0 Å². The van der Waals surface area contributed by atoms with Gasteiger partial charge in [-0.3, -0.25) is 0 Å². The van der Waals surface area contributed by atoms with E-state index in [1.807, 2.05) is 0 Å². The Balaban J connectivity index is 4.09. The van der Waals surface area contributed by atoms with Gasteiger partial charge >= 0.3 is 0 Å². The average Bonchev–Trinajstić information content (AvgIpc) is 2.13. The molecular formula is C8H19NO5. The zero-order valence-corrected chi connectivity index (χ0v) is 8.41. The van der Waals surface area contributed by atoms with Gasteiger partial charge in [0.1, 0.15) is 18.3 Å². The number of hydrogen-bond acceptors (Lipinski definition) is 6. The Bertz CT molecular complexity index is 155. The van der Waals surface area contributed by atoms with Crippen molar-refractivity contribution in [2.24, 2.45) is 0 Å². The van der Waals surface area contributed by atoms with Gasteiger partial charge in [0.15, 0.2) is 0 Å². The molecule has 4 atom stereocenters. The van der Waals surface area contributed by atoms with E-state index in [0.717, 1.165) is 0 Å². The number of aliphatic hydroxyl groups excluding tert-OH is 5. The minimum Gasteiger partial charge on any atom is -0.394 e. The minimum absolute atomic E-state index is 0.163. The fourth-order valence-corrected chi connectivity index (χ4v) is 1.05. The average molecular weight is 209 g/mol. The van der Waals surface area contributed by atoms with E-state index >= 15 is 0 Å². The molecule has 0 saturated heterocycles. The Hall–Kier alpha value is -0.240. The third kappa shape index (κ3) is 4.32. The van der Waals surface area contributed by atoms with Gasteiger partial charge in [0, 0.05) is 6.54 Å². The number of nitrogens with zero attached hydrogens (tertiary/aromatic N) is 1. The van der Waals surface area contributed by atoms with E-state index in [1.54, 1.807) is 19.0 Å². The van der Waals surface area contributed by atoms with Crippen LogP contribution in [0.3, 0.4) is 0 Å². The maximum Gasteiger partial charge on any atom is 0.111 e. The van der Waals surface area contributed by atoms with Gasteiger partial charge in [-0.2, -0.15) is 0 Å². The van der Waals surface area contributed by atoms with Crippen LogP contribution in [0.2, 0.25) is 0 Å². The van der Waals surface area contributed by atoms with E-state index in [1.165, 1.54) is 0 Å². The molecule has 6 nitrogen and oxygen atoms in total. The number of aliphatic hydroxyl groups is 5. The van der Waals surface area contributed by atoms with Crippen molar-refractivity contribution in [3.63, 3.8) is 0 Å². The first-order chi connectivity index (χ1) is 6.40. The van der Waals surface area contributed by atoms with Crippen molar-refractivity contribution >= 4 is 0 Å². The summed E-state index contributed by atoms with van der Waals surface area (Å²) in [6.07, 6.45) is -5.63. The van der Waals surface area contributed by atoms with Crippen molar-refractivity contribution in [3.8, 4) is 0 Å². The SMILES string of the molecule is CN(C)CC(O)C(O)C(O)C(O)CO. The van der Waals surface area contributed by atoms with Gasteiger partial charge in [0.2, 0.25) is 0 Å². The Morgan fingerprint density at radius 2 is 1.36 bits per heavy atom. The van der Waals surface area contributed by atoms with Gasteiger partial charge < -0.3 is 30.4 Å². The van der Waals surface area contributed by atoms with Crippen LogP contribution in [0.5, 0.6) is 0 Å². The largest absolute Gasteiger partial charge is 0.394 e. The van der Waals surface area contributed by atoms with Crippen molar-refractivity contribution in [2.45, 2.75) is 24.4 Å². The lowest BCUT2D eigenvalue weighted by Crippen LogP contribution is -2.48. The molecule has 0 aliphatic carbocycles. The van der Waals surface area contributed by atoms with Crippen LogP contribution in [0.1, 0.15) is 0 Å². The highest BCUT2D eigenvalue weighted by molar-refractivity contribution is 4.81. The highest BCUT2D eigenvalue weighted by Crippen LogP contribution is 2.05. The molecule has 0 rings (SSSR count). The van der Waals surface area contributed by atoms with Crippen LogP contribution >= 0.6 is 0 Å². The Labute approximate surface area is 83.0 Å². The highest BCUT2D eigenvalue weighted by Gasteiger charge is 2.29. The van der Waals surface area contributed by atoms with Crippen LogP contribution in [-0.2, 0) is 0 Å². The lowest BCUT2D eigenvalue weighted by molar-refractivity contribution is -0.117. The van der Waals surface area contributed by atoms with Crippen molar-refractivity contribution in [1.82, 2.24) is 4.90 Å². The molecule has 5 N–H and O–H groups in total. The van der Waals surface area contributed by atoms with E-state index in [0.29, 0.717) is 0 Å². The van der Waals surface area contributed by atoms with E-state index in [-0.39, 0.29) is 6.54 Å². The van der Waals surface area contributed by atoms with Gasteiger partial charge in [-0.15, -0.1) is 0 Å². The zero-order valence-electron chi connectivity index (χ0n) is 8.41. The van der Waals surface area contributed by atoms with Crippen molar-refractivity contribution < 1.29 is 25.5 Å². The quantitative estimate of drug-likeness (QED) is 0.319. The van der Waals surface area contributed by atoms with Gasteiger partial charge in [-0.25, -0.2) is 0 Å². The summed E-state index contributed by atoms with van der Waals surface area (Å²) in [4.78, 5) is 1.63. The molecule has 0 aromatic carbocycles. The molecule has 0 aliphatic rings.